The van der Waals surface area contributed by atoms with E-state index in [0.29, 0.717) is 48.5 Å². The summed E-state index contributed by atoms with van der Waals surface area (Å²) in [6, 6.07) is 8.07. The second kappa shape index (κ2) is 10.1. The Morgan fingerprint density at radius 3 is 2.41 bits per heavy atom. The monoisotopic (exact) mass is 483 g/mol. The van der Waals surface area contributed by atoms with E-state index >= 15 is 0 Å². The van der Waals surface area contributed by atoms with Crippen LogP contribution in [0.15, 0.2) is 23.3 Å². The van der Waals surface area contributed by atoms with E-state index in [-0.39, 0.29) is 17.9 Å². The number of nitrogens with zero attached hydrogens (tertiary/aromatic N) is 5. The highest BCUT2D eigenvalue weighted by Gasteiger charge is 2.39. The van der Waals surface area contributed by atoms with Gasteiger partial charge in [0.25, 0.3) is 0 Å². The molecule has 182 valence electrons. The van der Waals surface area contributed by atoms with Gasteiger partial charge in [0.2, 0.25) is 5.91 Å². The van der Waals surface area contributed by atoms with E-state index in [1.807, 2.05) is 17.0 Å². The van der Waals surface area contributed by atoms with Crippen LogP contribution in [0.2, 0.25) is 5.02 Å². The molecule has 1 amide bonds. The standard InChI is InChI=1S/C26H34ClN5O2/c27-23-15-21(6-5-20(23)17-28)32-24(18-3-1-2-4-18)16-25(29-32)30-11-7-19(8-12-30)26(34)31-13-9-22(33)10-14-31/h5-6,15,18-19,22,24,33H,1-4,7-14,16H2/t24-/m0/s1. The predicted molar refractivity (Wildman–Crippen MR) is 133 cm³/mol. The maximum Gasteiger partial charge on any atom is 0.225 e. The average molecular weight is 484 g/mol. The first kappa shape index (κ1) is 23.4. The van der Waals surface area contributed by atoms with Crippen molar-refractivity contribution in [3.63, 3.8) is 0 Å². The molecular weight excluding hydrogens is 450 g/mol. The Balaban J connectivity index is 1.27. The maximum atomic E-state index is 13.0. The van der Waals surface area contributed by atoms with Gasteiger partial charge < -0.3 is 14.9 Å². The molecule has 1 aliphatic carbocycles. The average Bonchev–Trinajstić information content (AvgIpc) is 3.54. The first-order chi connectivity index (χ1) is 16.5. The van der Waals surface area contributed by atoms with Crippen molar-refractivity contribution in [3.8, 4) is 6.07 Å². The quantitative estimate of drug-likeness (QED) is 0.702. The number of carbonyl (C=O) groups excluding carboxylic acids is 1. The van der Waals surface area contributed by atoms with Crippen LogP contribution < -0.4 is 5.01 Å². The molecule has 5 rings (SSSR count). The molecular formula is C26H34ClN5O2. The topological polar surface area (TPSA) is 83.2 Å². The van der Waals surface area contributed by atoms with Crippen molar-refractivity contribution in [1.82, 2.24) is 9.80 Å². The zero-order valence-corrected chi connectivity index (χ0v) is 20.5. The summed E-state index contributed by atoms with van der Waals surface area (Å²) >= 11 is 6.36. The van der Waals surface area contributed by atoms with Gasteiger partial charge >= 0.3 is 0 Å². The molecule has 8 heteroatoms. The Morgan fingerprint density at radius 2 is 1.76 bits per heavy atom. The number of amides is 1. The fourth-order valence-electron chi connectivity index (χ4n) is 6.13. The molecule has 1 aromatic rings. The molecule has 34 heavy (non-hydrogen) atoms. The fourth-order valence-corrected chi connectivity index (χ4v) is 6.35. The highest BCUT2D eigenvalue weighted by Crippen LogP contribution is 2.39. The highest BCUT2D eigenvalue weighted by molar-refractivity contribution is 6.32. The van der Waals surface area contributed by atoms with Crippen molar-refractivity contribution < 1.29 is 9.90 Å². The van der Waals surface area contributed by atoms with Crippen molar-refractivity contribution >= 4 is 29.0 Å². The molecule has 1 saturated carbocycles. The van der Waals surface area contributed by atoms with E-state index in [0.717, 1.165) is 43.9 Å². The van der Waals surface area contributed by atoms with Gasteiger partial charge in [-0.1, -0.05) is 24.4 Å². The Bertz CT molecular complexity index is 970. The van der Waals surface area contributed by atoms with Gasteiger partial charge in [0, 0.05) is 38.5 Å². The number of aliphatic hydroxyl groups is 1. The summed E-state index contributed by atoms with van der Waals surface area (Å²) in [6.45, 7) is 3.06. The first-order valence-corrected chi connectivity index (χ1v) is 13.2. The minimum Gasteiger partial charge on any atom is -0.393 e. The minimum absolute atomic E-state index is 0.0764. The minimum atomic E-state index is -0.256. The smallest absolute Gasteiger partial charge is 0.225 e. The van der Waals surface area contributed by atoms with Gasteiger partial charge in [0.1, 0.15) is 11.9 Å². The number of hydrogen-bond donors (Lipinski definition) is 1. The van der Waals surface area contributed by atoms with Crippen LogP contribution >= 0.6 is 11.6 Å². The van der Waals surface area contributed by atoms with Crippen LogP contribution in [0.1, 0.15) is 63.4 Å². The zero-order chi connectivity index (χ0) is 23.7. The number of benzene rings is 1. The number of hydrazone groups is 1. The molecule has 1 aromatic carbocycles. The van der Waals surface area contributed by atoms with Crippen LogP contribution in [0.5, 0.6) is 0 Å². The normalized spacial score (nSPS) is 25.0. The van der Waals surface area contributed by atoms with E-state index in [9.17, 15) is 15.2 Å². The van der Waals surface area contributed by atoms with Gasteiger partial charge in [-0.3, -0.25) is 9.80 Å². The second-order valence-corrected chi connectivity index (χ2v) is 10.7. The van der Waals surface area contributed by atoms with Crippen LogP contribution in [0.3, 0.4) is 0 Å². The molecule has 0 aromatic heterocycles. The summed E-state index contributed by atoms with van der Waals surface area (Å²) in [5.41, 5.74) is 1.44. The summed E-state index contributed by atoms with van der Waals surface area (Å²) in [5.74, 6) is 2.07. The largest absolute Gasteiger partial charge is 0.393 e. The number of nitriles is 1. The Kier molecular flexibility index (Phi) is 6.99. The number of carbonyl (C=O) groups is 1. The van der Waals surface area contributed by atoms with Crippen LogP contribution in [-0.4, -0.2) is 65.0 Å². The molecule has 7 nitrogen and oxygen atoms in total. The number of rotatable bonds is 3. The SMILES string of the molecule is N#Cc1ccc(N2N=C(N3CCC(C(=O)N4CCC(O)CC4)CC3)C[C@H]2C2CCCC2)cc1Cl. The zero-order valence-electron chi connectivity index (χ0n) is 19.7. The van der Waals surface area contributed by atoms with Crippen molar-refractivity contribution in [2.24, 2.45) is 16.9 Å². The summed E-state index contributed by atoms with van der Waals surface area (Å²) in [7, 11) is 0. The van der Waals surface area contributed by atoms with E-state index in [4.69, 9.17) is 16.7 Å². The van der Waals surface area contributed by atoms with Crippen LogP contribution in [0.25, 0.3) is 0 Å². The number of likely N-dealkylation sites (tertiary alicyclic amines) is 2. The molecule has 4 aliphatic rings. The Hall–Kier alpha value is -2.30. The third-order valence-corrected chi connectivity index (χ3v) is 8.51. The molecule has 2 saturated heterocycles. The van der Waals surface area contributed by atoms with E-state index in [1.54, 1.807) is 6.07 Å². The van der Waals surface area contributed by atoms with E-state index in [1.165, 1.54) is 25.7 Å². The lowest BCUT2D eigenvalue weighted by Crippen LogP contribution is -2.47. The first-order valence-electron chi connectivity index (χ1n) is 12.8. The Labute approximate surface area is 207 Å². The van der Waals surface area contributed by atoms with E-state index in [2.05, 4.69) is 16.0 Å². The highest BCUT2D eigenvalue weighted by atomic mass is 35.5. The lowest BCUT2D eigenvalue weighted by atomic mass is 9.92. The predicted octanol–water partition coefficient (Wildman–Crippen LogP) is 3.99. The molecule has 0 spiro atoms. The Morgan fingerprint density at radius 1 is 1.06 bits per heavy atom. The molecule has 3 heterocycles. The number of halogens is 1. The van der Waals surface area contributed by atoms with Crippen molar-refractivity contribution in [2.75, 3.05) is 31.2 Å². The van der Waals surface area contributed by atoms with Crippen LogP contribution in [-0.2, 0) is 4.79 Å². The molecule has 3 fully saturated rings. The number of hydrogen-bond acceptors (Lipinski definition) is 6. The van der Waals surface area contributed by atoms with Gasteiger partial charge in [-0.2, -0.15) is 10.4 Å². The molecule has 1 N–H and O–H groups in total. The number of anilines is 1. The molecule has 0 bridgehead atoms. The van der Waals surface area contributed by atoms with Crippen LogP contribution in [0.4, 0.5) is 5.69 Å². The number of piperidine rings is 2. The van der Waals surface area contributed by atoms with Gasteiger partial charge in [-0.05, 0) is 62.6 Å². The summed E-state index contributed by atoms with van der Waals surface area (Å²) < 4.78 is 0. The summed E-state index contributed by atoms with van der Waals surface area (Å²) in [5, 5.41) is 26.7. The fraction of sp³-hybridized carbons (Fsp3) is 0.654. The van der Waals surface area contributed by atoms with Gasteiger partial charge in [-0.25, -0.2) is 0 Å². The van der Waals surface area contributed by atoms with Crippen molar-refractivity contribution in [3.05, 3.63) is 28.8 Å². The number of aliphatic hydroxyl groups excluding tert-OH is 1. The van der Waals surface area contributed by atoms with Crippen molar-refractivity contribution in [2.45, 2.75) is 69.9 Å². The third kappa shape index (κ3) is 4.76. The lowest BCUT2D eigenvalue weighted by molar-refractivity contribution is -0.138. The van der Waals surface area contributed by atoms with Gasteiger partial charge in [0.15, 0.2) is 0 Å². The molecule has 1 atom stereocenters. The van der Waals surface area contributed by atoms with Gasteiger partial charge in [0.05, 0.1) is 28.4 Å². The summed E-state index contributed by atoms with van der Waals surface area (Å²) in [6.07, 6.45) is 8.78. The maximum absolute atomic E-state index is 13.0. The van der Waals surface area contributed by atoms with E-state index < -0.39 is 0 Å². The van der Waals surface area contributed by atoms with Crippen molar-refractivity contribution in [1.29, 1.82) is 5.26 Å². The molecule has 3 aliphatic heterocycles. The molecule has 0 unspecified atom stereocenters. The number of amidine groups is 1. The third-order valence-electron chi connectivity index (χ3n) is 8.20. The molecule has 0 radical (unpaired) electrons. The lowest BCUT2D eigenvalue weighted by Gasteiger charge is -2.37. The van der Waals surface area contributed by atoms with Crippen LogP contribution in [0, 0.1) is 23.2 Å². The van der Waals surface area contributed by atoms with Gasteiger partial charge in [-0.15, -0.1) is 0 Å². The summed E-state index contributed by atoms with van der Waals surface area (Å²) in [4.78, 5) is 17.3. The second-order valence-electron chi connectivity index (χ2n) is 10.3.